The van der Waals surface area contributed by atoms with Gasteiger partial charge >= 0.3 is 0 Å². The van der Waals surface area contributed by atoms with Gasteiger partial charge in [0.15, 0.2) is 0 Å². The number of anilines is 1. The molecule has 116 valence electrons. The predicted octanol–water partition coefficient (Wildman–Crippen LogP) is 4.59. The Morgan fingerprint density at radius 1 is 1.29 bits per heavy atom. The zero-order chi connectivity index (χ0) is 15.2. The van der Waals surface area contributed by atoms with E-state index in [0.717, 1.165) is 11.3 Å². The molecule has 2 rings (SSSR count). The highest BCUT2D eigenvalue weighted by Gasteiger charge is 2.21. The van der Waals surface area contributed by atoms with Crippen LogP contribution in [-0.4, -0.2) is 23.8 Å². The highest BCUT2D eigenvalue weighted by molar-refractivity contribution is 7.99. The van der Waals surface area contributed by atoms with Crippen LogP contribution in [0.3, 0.4) is 0 Å². The first-order valence-electron chi connectivity index (χ1n) is 7.93. The van der Waals surface area contributed by atoms with E-state index in [0.29, 0.717) is 11.0 Å². The average molecular weight is 323 g/mol. The molecule has 1 fully saturated rings. The Balaban J connectivity index is 2.32. The minimum atomic E-state index is 0.516. The monoisotopic (exact) mass is 322 g/mol. The standard InChI is InChI=1S/C17H26N2S2/c1-3-21-15-12-8-11-14(16(15)17(18)20)19(2)13-9-6-4-5-7-10-13/h8,11-13H,3-7,9-10H2,1-2H3,(H2,18,20). The van der Waals surface area contributed by atoms with Crippen LogP contribution in [0.4, 0.5) is 5.69 Å². The van der Waals surface area contributed by atoms with Crippen LogP contribution in [0.2, 0.25) is 0 Å². The number of thiocarbonyl (C=S) groups is 1. The molecular formula is C17H26N2S2. The molecule has 0 saturated heterocycles. The smallest absolute Gasteiger partial charge is 0.107 e. The Bertz CT molecular complexity index is 480. The van der Waals surface area contributed by atoms with Gasteiger partial charge in [-0.3, -0.25) is 0 Å². The molecule has 0 spiro atoms. The zero-order valence-corrected chi connectivity index (χ0v) is 14.7. The molecular weight excluding hydrogens is 296 g/mol. The summed E-state index contributed by atoms with van der Waals surface area (Å²) in [5.74, 6) is 1.03. The molecule has 0 radical (unpaired) electrons. The van der Waals surface area contributed by atoms with E-state index in [4.69, 9.17) is 18.0 Å². The Kier molecular flexibility index (Phi) is 6.37. The molecule has 0 heterocycles. The van der Waals surface area contributed by atoms with Crippen molar-refractivity contribution >= 4 is 34.7 Å². The summed E-state index contributed by atoms with van der Waals surface area (Å²) in [6.45, 7) is 2.16. The minimum Gasteiger partial charge on any atom is -0.389 e. The van der Waals surface area contributed by atoms with Crippen LogP contribution < -0.4 is 10.6 Å². The second-order valence-electron chi connectivity index (χ2n) is 5.70. The fourth-order valence-corrected chi connectivity index (χ4v) is 4.30. The first-order valence-corrected chi connectivity index (χ1v) is 9.33. The molecule has 2 N–H and O–H groups in total. The summed E-state index contributed by atoms with van der Waals surface area (Å²) in [5.41, 5.74) is 8.30. The summed E-state index contributed by atoms with van der Waals surface area (Å²) in [6.07, 6.45) is 7.97. The van der Waals surface area contributed by atoms with Crippen molar-refractivity contribution in [2.75, 3.05) is 17.7 Å². The quantitative estimate of drug-likeness (QED) is 0.488. The van der Waals surface area contributed by atoms with Crippen LogP contribution in [0.25, 0.3) is 0 Å². The van der Waals surface area contributed by atoms with E-state index in [1.165, 1.54) is 49.1 Å². The van der Waals surface area contributed by atoms with Gasteiger partial charge < -0.3 is 10.6 Å². The average Bonchev–Trinajstić information content (AvgIpc) is 2.75. The van der Waals surface area contributed by atoms with Crippen LogP contribution in [-0.2, 0) is 0 Å². The summed E-state index contributed by atoms with van der Waals surface area (Å²) in [4.78, 5) is 4.14. The van der Waals surface area contributed by atoms with Crippen molar-refractivity contribution in [3.05, 3.63) is 23.8 Å². The second kappa shape index (κ2) is 8.04. The third kappa shape index (κ3) is 4.13. The third-order valence-electron chi connectivity index (χ3n) is 4.30. The number of rotatable bonds is 5. The van der Waals surface area contributed by atoms with Crippen LogP contribution in [0, 0.1) is 0 Å². The van der Waals surface area contributed by atoms with Gasteiger partial charge in [0.25, 0.3) is 0 Å². The highest BCUT2D eigenvalue weighted by Crippen LogP contribution is 2.33. The predicted molar refractivity (Wildman–Crippen MR) is 98.6 cm³/mol. The number of hydrogen-bond acceptors (Lipinski definition) is 3. The highest BCUT2D eigenvalue weighted by atomic mass is 32.2. The lowest BCUT2D eigenvalue weighted by molar-refractivity contribution is 0.552. The molecule has 0 unspecified atom stereocenters. The summed E-state index contributed by atoms with van der Waals surface area (Å²) in [7, 11) is 2.20. The summed E-state index contributed by atoms with van der Waals surface area (Å²) in [5, 5.41) is 0. The molecule has 4 heteroatoms. The minimum absolute atomic E-state index is 0.516. The van der Waals surface area contributed by atoms with Gasteiger partial charge in [-0.25, -0.2) is 0 Å². The van der Waals surface area contributed by atoms with Gasteiger partial charge in [0.05, 0.1) is 0 Å². The maximum Gasteiger partial charge on any atom is 0.107 e. The van der Waals surface area contributed by atoms with E-state index < -0.39 is 0 Å². The SMILES string of the molecule is CCSc1cccc(N(C)C2CCCCCC2)c1C(N)=S. The second-order valence-corrected chi connectivity index (χ2v) is 7.45. The number of nitrogens with zero attached hydrogens (tertiary/aromatic N) is 1. The van der Waals surface area contributed by atoms with Crippen molar-refractivity contribution in [1.29, 1.82) is 0 Å². The van der Waals surface area contributed by atoms with Gasteiger partial charge in [0.2, 0.25) is 0 Å². The van der Waals surface area contributed by atoms with Crippen molar-refractivity contribution in [3.63, 3.8) is 0 Å². The number of thioether (sulfide) groups is 1. The van der Waals surface area contributed by atoms with E-state index >= 15 is 0 Å². The first kappa shape index (κ1) is 16.6. The van der Waals surface area contributed by atoms with Crippen molar-refractivity contribution in [3.8, 4) is 0 Å². The van der Waals surface area contributed by atoms with Gasteiger partial charge in [-0.1, -0.05) is 50.9 Å². The van der Waals surface area contributed by atoms with Gasteiger partial charge in [0.1, 0.15) is 4.99 Å². The maximum atomic E-state index is 6.04. The van der Waals surface area contributed by atoms with Gasteiger partial charge in [-0.05, 0) is 30.7 Å². The molecule has 21 heavy (non-hydrogen) atoms. The summed E-state index contributed by atoms with van der Waals surface area (Å²) >= 11 is 7.15. The Hall–Kier alpha value is -0.740. The van der Waals surface area contributed by atoms with Crippen molar-refractivity contribution in [2.45, 2.75) is 56.4 Å². The topological polar surface area (TPSA) is 29.3 Å². The lowest BCUT2D eigenvalue weighted by Gasteiger charge is -2.31. The Morgan fingerprint density at radius 3 is 2.52 bits per heavy atom. The van der Waals surface area contributed by atoms with Crippen LogP contribution in [0.1, 0.15) is 51.0 Å². The Labute approximate surface area is 138 Å². The van der Waals surface area contributed by atoms with E-state index in [2.05, 4.69) is 37.1 Å². The largest absolute Gasteiger partial charge is 0.389 e. The lowest BCUT2D eigenvalue weighted by atomic mass is 10.0. The fourth-order valence-electron chi connectivity index (χ4n) is 3.18. The molecule has 0 aliphatic heterocycles. The van der Waals surface area contributed by atoms with Crippen LogP contribution >= 0.6 is 24.0 Å². The van der Waals surface area contributed by atoms with E-state index in [9.17, 15) is 0 Å². The molecule has 1 saturated carbocycles. The van der Waals surface area contributed by atoms with Crippen LogP contribution in [0.15, 0.2) is 23.1 Å². The molecule has 0 amide bonds. The van der Waals surface area contributed by atoms with Crippen molar-refractivity contribution < 1.29 is 0 Å². The molecule has 1 aromatic rings. The van der Waals surface area contributed by atoms with Crippen LogP contribution in [0.5, 0.6) is 0 Å². The molecule has 1 aromatic carbocycles. The Morgan fingerprint density at radius 2 is 1.95 bits per heavy atom. The number of hydrogen-bond donors (Lipinski definition) is 1. The third-order valence-corrected chi connectivity index (χ3v) is 5.45. The summed E-state index contributed by atoms with van der Waals surface area (Å²) in [6, 6.07) is 7.04. The lowest BCUT2D eigenvalue weighted by Crippen LogP contribution is -2.33. The van der Waals surface area contributed by atoms with Crippen molar-refractivity contribution in [1.82, 2.24) is 0 Å². The van der Waals surface area contributed by atoms with Gasteiger partial charge in [0, 0.05) is 29.2 Å². The maximum absolute atomic E-state index is 6.04. The van der Waals surface area contributed by atoms with Crippen molar-refractivity contribution in [2.24, 2.45) is 5.73 Å². The summed E-state index contributed by atoms with van der Waals surface area (Å²) < 4.78 is 0. The molecule has 0 aromatic heterocycles. The fraction of sp³-hybridized carbons (Fsp3) is 0.588. The van der Waals surface area contributed by atoms with E-state index in [1.54, 1.807) is 0 Å². The molecule has 0 bridgehead atoms. The molecule has 1 aliphatic carbocycles. The molecule has 0 atom stereocenters. The van der Waals surface area contributed by atoms with E-state index in [-0.39, 0.29) is 0 Å². The number of benzene rings is 1. The number of nitrogens with two attached hydrogens (primary N) is 1. The van der Waals surface area contributed by atoms with Gasteiger partial charge in [-0.2, -0.15) is 0 Å². The van der Waals surface area contributed by atoms with Gasteiger partial charge in [-0.15, -0.1) is 11.8 Å². The molecule has 2 nitrogen and oxygen atoms in total. The van der Waals surface area contributed by atoms with E-state index in [1.807, 2.05) is 11.8 Å². The molecule has 1 aliphatic rings. The first-order chi connectivity index (χ1) is 10.1. The zero-order valence-electron chi connectivity index (χ0n) is 13.1. The normalized spacial score (nSPS) is 16.5.